The van der Waals surface area contributed by atoms with Gasteiger partial charge in [-0.3, -0.25) is 0 Å². The monoisotopic (exact) mass is 342 g/mol. The summed E-state index contributed by atoms with van der Waals surface area (Å²) in [6.45, 7) is 7.37. The molecule has 0 amide bonds. The Morgan fingerprint density at radius 2 is 1.96 bits per heavy atom. The van der Waals surface area contributed by atoms with Crippen LogP contribution in [-0.2, 0) is 11.2 Å². The van der Waals surface area contributed by atoms with Crippen LogP contribution in [0.2, 0.25) is 0 Å². The van der Waals surface area contributed by atoms with Gasteiger partial charge in [-0.1, -0.05) is 39.0 Å². The largest absolute Gasteiger partial charge is 0.497 e. The van der Waals surface area contributed by atoms with Gasteiger partial charge in [0.25, 0.3) is 0 Å². The summed E-state index contributed by atoms with van der Waals surface area (Å²) in [5.74, 6) is 0.422. The molecular weight excluding hydrogens is 315 g/mol. The van der Waals surface area contributed by atoms with E-state index in [-0.39, 0.29) is 17.3 Å². The van der Waals surface area contributed by atoms with E-state index in [0.29, 0.717) is 11.3 Å². The lowest BCUT2D eigenvalue weighted by Gasteiger charge is -2.39. The average molecular weight is 342 g/mol. The Hall–Kier alpha value is -1.87. The number of hydrogen-bond acceptors (Lipinski definition) is 2. The smallest absolute Gasteiger partial charge is 0.131 e. The summed E-state index contributed by atoms with van der Waals surface area (Å²) in [7, 11) is 1.60. The molecule has 0 N–H and O–H groups in total. The lowest BCUT2D eigenvalue weighted by atomic mass is 9.75. The molecule has 1 saturated heterocycles. The van der Waals surface area contributed by atoms with E-state index in [1.165, 1.54) is 11.6 Å². The van der Waals surface area contributed by atoms with E-state index >= 15 is 0 Å². The topological polar surface area (TPSA) is 18.5 Å². The van der Waals surface area contributed by atoms with Gasteiger partial charge in [0.15, 0.2) is 0 Å². The molecule has 3 rings (SSSR count). The van der Waals surface area contributed by atoms with Crippen LogP contribution in [0.3, 0.4) is 0 Å². The summed E-state index contributed by atoms with van der Waals surface area (Å²) >= 11 is 0. The van der Waals surface area contributed by atoms with Gasteiger partial charge in [0.05, 0.1) is 13.2 Å². The number of methoxy groups -OCH3 is 1. The first-order valence-electron chi connectivity index (χ1n) is 9.04. The van der Waals surface area contributed by atoms with Crippen LogP contribution in [0.1, 0.15) is 50.8 Å². The Balaban J connectivity index is 2.17. The zero-order valence-electron chi connectivity index (χ0n) is 15.6. The maximum atomic E-state index is 14.6. The zero-order valence-corrected chi connectivity index (χ0v) is 15.6. The summed E-state index contributed by atoms with van der Waals surface area (Å²) in [6.07, 6.45) is 3.09. The molecule has 1 unspecified atom stereocenters. The van der Waals surface area contributed by atoms with Gasteiger partial charge in [0, 0.05) is 12.2 Å². The van der Waals surface area contributed by atoms with Crippen molar-refractivity contribution in [2.75, 3.05) is 13.7 Å². The number of rotatable bonds is 4. The second-order valence-corrected chi connectivity index (χ2v) is 7.46. The third-order valence-electron chi connectivity index (χ3n) is 5.23. The quantitative estimate of drug-likeness (QED) is 0.684. The molecular formula is C22H27FO2. The molecule has 3 heteroatoms. The van der Waals surface area contributed by atoms with Crippen LogP contribution >= 0.6 is 0 Å². The minimum Gasteiger partial charge on any atom is -0.497 e. The van der Waals surface area contributed by atoms with Crippen molar-refractivity contribution >= 4 is 0 Å². The van der Waals surface area contributed by atoms with Gasteiger partial charge in [0.1, 0.15) is 11.6 Å². The minimum absolute atomic E-state index is 0.0225. The van der Waals surface area contributed by atoms with Gasteiger partial charge in [0.2, 0.25) is 0 Å². The second-order valence-electron chi connectivity index (χ2n) is 7.46. The molecule has 2 nitrogen and oxygen atoms in total. The first kappa shape index (κ1) is 17.9. The molecule has 0 bridgehead atoms. The molecule has 134 valence electrons. The summed E-state index contributed by atoms with van der Waals surface area (Å²) in [4.78, 5) is 0. The predicted molar refractivity (Wildman–Crippen MR) is 99.5 cm³/mol. The van der Waals surface area contributed by atoms with Crippen molar-refractivity contribution in [2.24, 2.45) is 5.41 Å². The molecule has 2 aromatic carbocycles. The highest BCUT2D eigenvalue weighted by molar-refractivity contribution is 5.70. The van der Waals surface area contributed by atoms with E-state index in [4.69, 9.17) is 9.47 Å². The van der Waals surface area contributed by atoms with Gasteiger partial charge >= 0.3 is 0 Å². The first-order valence-corrected chi connectivity index (χ1v) is 9.04. The Morgan fingerprint density at radius 3 is 2.64 bits per heavy atom. The number of ether oxygens (including phenoxy) is 2. The summed E-state index contributed by atoms with van der Waals surface area (Å²) in [5, 5.41) is 0. The molecule has 1 fully saturated rings. The minimum atomic E-state index is -0.236. The molecule has 25 heavy (non-hydrogen) atoms. The molecule has 1 atom stereocenters. The van der Waals surface area contributed by atoms with Crippen LogP contribution < -0.4 is 4.74 Å². The van der Waals surface area contributed by atoms with Crippen molar-refractivity contribution in [1.29, 1.82) is 0 Å². The van der Waals surface area contributed by atoms with E-state index in [0.717, 1.165) is 37.0 Å². The lowest BCUT2D eigenvalue weighted by molar-refractivity contribution is -0.0697. The van der Waals surface area contributed by atoms with E-state index < -0.39 is 0 Å². The summed E-state index contributed by atoms with van der Waals surface area (Å²) in [5.41, 5.74) is 3.81. The molecule has 0 aliphatic carbocycles. The number of halogens is 1. The Morgan fingerprint density at radius 1 is 1.16 bits per heavy atom. The number of hydrogen-bond donors (Lipinski definition) is 0. The van der Waals surface area contributed by atoms with Crippen LogP contribution in [0.25, 0.3) is 11.1 Å². The van der Waals surface area contributed by atoms with E-state index in [9.17, 15) is 4.39 Å². The van der Waals surface area contributed by atoms with Gasteiger partial charge in [-0.2, -0.15) is 0 Å². The van der Waals surface area contributed by atoms with Crippen molar-refractivity contribution in [3.63, 3.8) is 0 Å². The second kappa shape index (κ2) is 7.17. The molecule has 0 spiro atoms. The normalized spacial score (nSPS) is 19.6. The number of benzene rings is 2. The fourth-order valence-electron chi connectivity index (χ4n) is 3.73. The van der Waals surface area contributed by atoms with Crippen molar-refractivity contribution < 1.29 is 13.9 Å². The molecule has 1 heterocycles. The van der Waals surface area contributed by atoms with E-state index in [1.54, 1.807) is 19.2 Å². The predicted octanol–water partition coefficient (Wildman–Crippen LogP) is 5.94. The Kier molecular flexibility index (Phi) is 5.14. The zero-order chi connectivity index (χ0) is 18.0. The van der Waals surface area contributed by atoms with Crippen molar-refractivity contribution in [2.45, 2.75) is 46.1 Å². The third kappa shape index (κ3) is 3.57. The molecule has 0 aromatic heterocycles. The van der Waals surface area contributed by atoms with Crippen LogP contribution in [0.15, 0.2) is 36.4 Å². The maximum absolute atomic E-state index is 14.6. The van der Waals surface area contributed by atoms with Crippen LogP contribution in [0.4, 0.5) is 4.39 Å². The van der Waals surface area contributed by atoms with Crippen LogP contribution in [-0.4, -0.2) is 13.7 Å². The number of aryl methyl sites for hydroxylation is 1. The molecule has 1 aliphatic rings. The highest BCUT2D eigenvalue weighted by atomic mass is 19.1. The van der Waals surface area contributed by atoms with Gasteiger partial charge < -0.3 is 9.47 Å². The van der Waals surface area contributed by atoms with E-state index in [2.05, 4.69) is 32.9 Å². The SMILES string of the molecule is CCc1ccc(-c2cc(OC)ccc2F)c(C2OCCCC2(C)C)c1. The fraction of sp³-hybridized carbons (Fsp3) is 0.455. The van der Waals surface area contributed by atoms with Gasteiger partial charge in [-0.15, -0.1) is 0 Å². The Labute approximate surface area is 150 Å². The van der Waals surface area contributed by atoms with E-state index in [1.807, 2.05) is 6.07 Å². The average Bonchev–Trinajstić information content (AvgIpc) is 2.61. The van der Waals surface area contributed by atoms with Crippen molar-refractivity contribution in [3.05, 3.63) is 53.3 Å². The fourth-order valence-corrected chi connectivity index (χ4v) is 3.73. The highest BCUT2D eigenvalue weighted by Gasteiger charge is 2.36. The first-order chi connectivity index (χ1) is 12.0. The third-order valence-corrected chi connectivity index (χ3v) is 5.23. The van der Waals surface area contributed by atoms with Crippen LogP contribution in [0.5, 0.6) is 5.75 Å². The summed E-state index contributed by atoms with van der Waals surface area (Å²) in [6, 6.07) is 11.2. The molecule has 1 aliphatic heterocycles. The highest BCUT2D eigenvalue weighted by Crippen LogP contribution is 2.47. The molecule has 0 saturated carbocycles. The van der Waals surface area contributed by atoms with Crippen LogP contribution in [0, 0.1) is 11.2 Å². The Bertz CT molecular complexity index is 752. The van der Waals surface area contributed by atoms with Gasteiger partial charge in [-0.05, 0) is 59.6 Å². The standard InChI is InChI=1S/C22H27FO2/c1-5-15-7-9-17(18-14-16(24-4)8-10-20(18)23)19(13-15)21-22(2,3)11-6-12-25-21/h7-10,13-14,21H,5-6,11-12H2,1-4H3. The molecule has 0 radical (unpaired) electrons. The van der Waals surface area contributed by atoms with Gasteiger partial charge in [-0.25, -0.2) is 4.39 Å². The molecule has 2 aromatic rings. The van der Waals surface area contributed by atoms with Crippen molar-refractivity contribution in [1.82, 2.24) is 0 Å². The van der Waals surface area contributed by atoms with Crippen molar-refractivity contribution in [3.8, 4) is 16.9 Å². The summed E-state index contributed by atoms with van der Waals surface area (Å²) < 4.78 is 26.1. The lowest BCUT2D eigenvalue weighted by Crippen LogP contribution is -2.30. The maximum Gasteiger partial charge on any atom is 0.131 e.